The van der Waals surface area contributed by atoms with Crippen LogP contribution in [0.5, 0.6) is 0 Å². The van der Waals surface area contributed by atoms with E-state index in [2.05, 4.69) is 37.7 Å². The summed E-state index contributed by atoms with van der Waals surface area (Å²) in [4.78, 5) is 4.81. The Bertz CT molecular complexity index is 83.4. The minimum atomic E-state index is -0.627. The van der Waals surface area contributed by atoms with Crippen LogP contribution in [0.15, 0.2) is 0 Å². The topological polar surface area (TPSA) is 4.44 Å². The zero-order valence-electron chi connectivity index (χ0n) is 7.38. The van der Waals surface area contributed by atoms with E-state index in [9.17, 15) is 0 Å². The zero-order chi connectivity index (χ0) is 7.65. The quantitative estimate of drug-likeness (QED) is 0.398. The summed E-state index contributed by atoms with van der Waals surface area (Å²) in [5.74, 6) is 0. The van der Waals surface area contributed by atoms with Gasteiger partial charge in [-0.1, -0.05) is 0 Å². The Morgan fingerprint density at radius 1 is 1.11 bits per heavy atom. The third-order valence-corrected chi connectivity index (χ3v) is 6.45. The van der Waals surface area contributed by atoms with Gasteiger partial charge in [0.1, 0.15) is 0 Å². The fourth-order valence-electron chi connectivity index (χ4n) is 0.567. The molecule has 0 aliphatic carbocycles. The van der Waals surface area contributed by atoms with Crippen molar-refractivity contribution in [1.82, 2.24) is 0 Å². The molecule has 1 N–H and O–H groups in total. The van der Waals surface area contributed by atoms with Crippen molar-refractivity contribution >= 4 is 20.1 Å². The predicted octanol–water partition coefficient (Wildman–Crippen LogP) is 0.981. The van der Waals surface area contributed by atoms with Crippen LogP contribution in [-0.2, 0) is 0 Å². The first-order chi connectivity index (χ1) is 3.85. The molecule has 2 heteroatoms. The van der Waals surface area contributed by atoms with Crippen LogP contribution in [-0.4, -0.2) is 22.4 Å². The summed E-state index contributed by atoms with van der Waals surface area (Å²) >= 11 is -0.627. The molecule has 0 aromatic rings. The molecule has 0 radical (unpaired) electrons. The van der Waals surface area contributed by atoms with E-state index >= 15 is 0 Å². The SMILES string of the molecule is C[NH+](I(C)C)C(C)(C)C. The molecule has 0 amide bonds. The summed E-state index contributed by atoms with van der Waals surface area (Å²) < 4.78 is 1.74. The molecule has 0 aromatic heterocycles. The predicted molar refractivity (Wildman–Crippen MR) is 52.5 cm³/mol. The number of quaternary nitrogens is 1. The summed E-state index contributed by atoms with van der Waals surface area (Å²) in [7, 11) is 2.31. The molecule has 1 unspecified atom stereocenters. The van der Waals surface area contributed by atoms with Crippen molar-refractivity contribution < 1.29 is 3.11 Å². The summed E-state index contributed by atoms with van der Waals surface area (Å²) in [5, 5.41) is 0. The summed E-state index contributed by atoms with van der Waals surface area (Å²) in [6.07, 6.45) is 0. The van der Waals surface area contributed by atoms with Crippen molar-refractivity contribution in [2.75, 3.05) is 16.9 Å². The molecule has 0 aliphatic heterocycles. The monoisotopic (exact) mass is 244 g/mol. The Labute approximate surface area is 66.6 Å². The molecule has 0 spiro atoms. The normalized spacial score (nSPS) is 17.3. The molecule has 0 aromatic carbocycles. The van der Waals surface area contributed by atoms with Crippen molar-refractivity contribution in [3.8, 4) is 0 Å². The number of nitrogens with one attached hydrogen (secondary N) is 1. The second-order valence-electron chi connectivity index (χ2n) is 3.54. The Morgan fingerprint density at radius 3 is 1.44 bits per heavy atom. The van der Waals surface area contributed by atoms with Gasteiger partial charge in [-0.15, -0.1) is 0 Å². The maximum atomic E-state index is 2.41. The molecule has 0 heterocycles. The van der Waals surface area contributed by atoms with Gasteiger partial charge in [0, 0.05) is 0 Å². The van der Waals surface area contributed by atoms with Gasteiger partial charge in [0.15, 0.2) is 0 Å². The average Bonchev–Trinajstić information content (AvgIpc) is 1.62. The average molecular weight is 244 g/mol. The van der Waals surface area contributed by atoms with Gasteiger partial charge < -0.3 is 0 Å². The van der Waals surface area contributed by atoms with E-state index in [1.165, 1.54) is 0 Å². The first kappa shape index (κ1) is 9.69. The van der Waals surface area contributed by atoms with Crippen LogP contribution in [0, 0.1) is 0 Å². The molecule has 0 saturated carbocycles. The van der Waals surface area contributed by atoms with Crippen LogP contribution >= 0.6 is 20.1 Å². The zero-order valence-corrected chi connectivity index (χ0v) is 9.54. The molecule has 1 nitrogen and oxygen atoms in total. The van der Waals surface area contributed by atoms with E-state index in [1.807, 2.05) is 0 Å². The maximum absolute atomic E-state index is 2.41. The van der Waals surface area contributed by atoms with Gasteiger partial charge in [0.05, 0.1) is 0 Å². The van der Waals surface area contributed by atoms with E-state index in [4.69, 9.17) is 0 Å². The summed E-state index contributed by atoms with van der Waals surface area (Å²) in [6, 6.07) is 0. The molecule has 0 bridgehead atoms. The molecule has 58 valence electrons. The van der Waals surface area contributed by atoms with Crippen LogP contribution in [0.1, 0.15) is 20.8 Å². The molecular weight excluding hydrogens is 225 g/mol. The molecule has 9 heavy (non-hydrogen) atoms. The van der Waals surface area contributed by atoms with Crippen LogP contribution in [0.2, 0.25) is 0 Å². The Balaban J connectivity index is 3.88. The van der Waals surface area contributed by atoms with E-state index in [-0.39, 0.29) is 0 Å². The Kier molecular flexibility index (Phi) is 3.44. The van der Waals surface area contributed by atoms with E-state index in [0.717, 1.165) is 0 Å². The minimum absolute atomic E-state index is 0.467. The van der Waals surface area contributed by atoms with Crippen molar-refractivity contribution in [1.29, 1.82) is 0 Å². The van der Waals surface area contributed by atoms with Gasteiger partial charge in [-0.05, 0) is 0 Å². The van der Waals surface area contributed by atoms with Gasteiger partial charge in [0.25, 0.3) is 0 Å². The number of hydrogen-bond donors (Lipinski definition) is 1. The molecule has 0 rings (SSSR count). The van der Waals surface area contributed by atoms with Crippen LogP contribution in [0.3, 0.4) is 0 Å². The third-order valence-electron chi connectivity index (χ3n) is 1.60. The van der Waals surface area contributed by atoms with Gasteiger partial charge >= 0.3 is 66.4 Å². The van der Waals surface area contributed by atoms with Crippen LogP contribution < -0.4 is 3.11 Å². The van der Waals surface area contributed by atoms with Crippen LogP contribution in [0.25, 0.3) is 0 Å². The van der Waals surface area contributed by atoms with E-state index < -0.39 is 20.1 Å². The molecule has 0 fully saturated rings. The molecule has 1 atom stereocenters. The van der Waals surface area contributed by atoms with Gasteiger partial charge in [-0.3, -0.25) is 0 Å². The fraction of sp³-hybridized carbons (Fsp3) is 1.00. The van der Waals surface area contributed by atoms with E-state index in [1.54, 1.807) is 3.11 Å². The second-order valence-corrected chi connectivity index (χ2v) is 9.47. The van der Waals surface area contributed by atoms with Crippen molar-refractivity contribution in [3.05, 3.63) is 0 Å². The second kappa shape index (κ2) is 3.19. The molecule has 0 aliphatic rings. The first-order valence-corrected chi connectivity index (χ1v) is 8.59. The number of hydrogen-bond acceptors (Lipinski definition) is 0. The number of alkyl halides is 2. The van der Waals surface area contributed by atoms with Crippen molar-refractivity contribution in [3.63, 3.8) is 0 Å². The summed E-state index contributed by atoms with van der Waals surface area (Å²) in [6.45, 7) is 6.92. The number of rotatable bonds is 1. The van der Waals surface area contributed by atoms with Gasteiger partial charge in [0.2, 0.25) is 0 Å². The molecular formula is C7H19IN+. The van der Waals surface area contributed by atoms with Gasteiger partial charge in [-0.25, -0.2) is 0 Å². The fourth-order valence-corrected chi connectivity index (χ4v) is 3.80. The Morgan fingerprint density at radius 2 is 1.44 bits per heavy atom. The first-order valence-electron chi connectivity index (χ1n) is 3.19. The summed E-state index contributed by atoms with van der Waals surface area (Å²) in [5.41, 5.74) is 0.467. The standard InChI is InChI=1S/C7H18IN/c1-7(2,3)9(6)8(4)5/h1-6H3/p+1. The van der Waals surface area contributed by atoms with Crippen molar-refractivity contribution in [2.24, 2.45) is 0 Å². The van der Waals surface area contributed by atoms with Gasteiger partial charge in [-0.2, -0.15) is 0 Å². The Hall–Kier alpha value is 0.690. The van der Waals surface area contributed by atoms with Crippen LogP contribution in [0.4, 0.5) is 0 Å². The molecule has 0 saturated heterocycles. The number of halogens is 1. The van der Waals surface area contributed by atoms with Crippen molar-refractivity contribution in [2.45, 2.75) is 26.3 Å². The third kappa shape index (κ3) is 3.40. The van der Waals surface area contributed by atoms with E-state index in [0.29, 0.717) is 5.54 Å².